The first-order valence-corrected chi connectivity index (χ1v) is 8.95. The largest absolute Gasteiger partial charge is 0.382 e. The zero-order valence-electron chi connectivity index (χ0n) is 14.6. The molecule has 1 aliphatic heterocycles. The van der Waals surface area contributed by atoms with E-state index in [1.54, 1.807) is 15.8 Å². The van der Waals surface area contributed by atoms with Gasteiger partial charge in [0.2, 0.25) is 0 Å². The molecule has 0 unspecified atom stereocenters. The first kappa shape index (κ1) is 16.3. The van der Waals surface area contributed by atoms with Crippen molar-refractivity contribution in [1.82, 2.24) is 30.1 Å². The third kappa shape index (κ3) is 3.06. The molecule has 2 aromatic heterocycles. The van der Waals surface area contributed by atoms with Crippen molar-refractivity contribution in [1.29, 1.82) is 0 Å². The Hall–Kier alpha value is -2.22. The van der Waals surface area contributed by atoms with Crippen LogP contribution in [0.4, 0.5) is 0 Å². The second kappa shape index (κ2) is 5.94. The normalized spacial score (nSPS) is 24.1. The van der Waals surface area contributed by atoms with Crippen LogP contribution in [-0.2, 0) is 5.60 Å². The molecular formula is C17H24N6O2. The summed E-state index contributed by atoms with van der Waals surface area (Å²) < 4.78 is 1.73. The number of aromatic nitrogens is 5. The molecule has 1 saturated carbocycles. The summed E-state index contributed by atoms with van der Waals surface area (Å²) in [6.07, 6.45) is 5.38. The summed E-state index contributed by atoms with van der Waals surface area (Å²) in [4.78, 5) is 14.5. The zero-order chi connectivity index (χ0) is 17.6. The number of rotatable bonds is 4. The minimum Gasteiger partial charge on any atom is -0.382 e. The molecule has 0 bridgehead atoms. The van der Waals surface area contributed by atoms with E-state index in [1.165, 1.54) is 0 Å². The van der Waals surface area contributed by atoms with Crippen LogP contribution in [0.3, 0.4) is 0 Å². The van der Waals surface area contributed by atoms with E-state index < -0.39 is 5.60 Å². The molecule has 25 heavy (non-hydrogen) atoms. The lowest BCUT2D eigenvalue weighted by atomic mass is 9.90. The fourth-order valence-corrected chi connectivity index (χ4v) is 3.37. The van der Waals surface area contributed by atoms with Crippen molar-refractivity contribution >= 4 is 5.91 Å². The molecule has 134 valence electrons. The fourth-order valence-electron chi connectivity index (χ4n) is 3.37. The Morgan fingerprint density at radius 2 is 2.24 bits per heavy atom. The predicted octanol–water partition coefficient (Wildman–Crippen LogP) is 1.58. The second-order valence-electron chi connectivity index (χ2n) is 7.52. The highest BCUT2D eigenvalue weighted by molar-refractivity contribution is 5.92. The number of nitrogens with zero attached hydrogens (tertiary/aromatic N) is 5. The highest BCUT2D eigenvalue weighted by Gasteiger charge is 2.40. The molecule has 1 aliphatic carbocycles. The molecule has 2 fully saturated rings. The molecule has 0 radical (unpaired) electrons. The van der Waals surface area contributed by atoms with Crippen LogP contribution in [0.5, 0.6) is 0 Å². The topological polar surface area (TPSA) is 99.9 Å². The number of carbonyl (C=O) groups is 1. The van der Waals surface area contributed by atoms with Gasteiger partial charge < -0.3 is 10.0 Å². The van der Waals surface area contributed by atoms with Gasteiger partial charge >= 0.3 is 0 Å². The van der Waals surface area contributed by atoms with Crippen LogP contribution in [0.15, 0.2) is 12.3 Å². The van der Waals surface area contributed by atoms with Crippen LogP contribution in [0.1, 0.15) is 73.4 Å². The van der Waals surface area contributed by atoms with E-state index in [-0.39, 0.29) is 18.5 Å². The molecule has 1 saturated heterocycles. The van der Waals surface area contributed by atoms with Gasteiger partial charge in [-0.05, 0) is 45.6 Å². The van der Waals surface area contributed by atoms with E-state index in [1.807, 2.05) is 19.9 Å². The summed E-state index contributed by atoms with van der Waals surface area (Å²) in [5.41, 5.74) is 0.836. The van der Waals surface area contributed by atoms with Crippen LogP contribution in [0, 0.1) is 0 Å². The summed E-state index contributed by atoms with van der Waals surface area (Å²) in [7, 11) is 0. The summed E-state index contributed by atoms with van der Waals surface area (Å²) in [5.74, 6) is 0.385. The molecule has 1 amide bonds. The first-order valence-electron chi connectivity index (χ1n) is 8.95. The molecule has 0 spiro atoms. The van der Waals surface area contributed by atoms with Crippen LogP contribution in [0.2, 0.25) is 0 Å². The smallest absolute Gasteiger partial charge is 0.274 e. The van der Waals surface area contributed by atoms with Gasteiger partial charge in [0, 0.05) is 24.2 Å². The standard InChI is InChI=1S/C17H24N6O2/c1-11(2)23-9-15(20-21-23)17(25)6-3-7-22(10-17)16(24)14-8-13(18-19-14)12-4-5-12/h8-9,11-12,25H,3-7,10H2,1-2H3,(H,18,19)/t17-/m1/s1. The summed E-state index contributed by atoms with van der Waals surface area (Å²) in [6.45, 7) is 4.85. The molecule has 2 aliphatic rings. The summed E-state index contributed by atoms with van der Waals surface area (Å²) in [5, 5.41) is 26.4. The molecular weight excluding hydrogens is 320 g/mol. The third-order valence-electron chi connectivity index (χ3n) is 5.11. The first-order chi connectivity index (χ1) is 12.0. The van der Waals surface area contributed by atoms with Gasteiger partial charge in [0.1, 0.15) is 17.0 Å². The van der Waals surface area contributed by atoms with Crippen molar-refractivity contribution < 1.29 is 9.90 Å². The molecule has 1 atom stereocenters. The molecule has 0 aromatic carbocycles. The number of hydrogen-bond acceptors (Lipinski definition) is 5. The Morgan fingerprint density at radius 3 is 2.92 bits per heavy atom. The number of amides is 1. The van der Waals surface area contributed by atoms with Gasteiger partial charge in [0.15, 0.2) is 0 Å². The Bertz CT molecular complexity index is 778. The molecule has 4 rings (SSSR count). The molecule has 2 aromatic rings. The number of hydrogen-bond donors (Lipinski definition) is 2. The molecule has 2 N–H and O–H groups in total. The van der Waals surface area contributed by atoms with Gasteiger partial charge in [-0.1, -0.05) is 5.21 Å². The highest BCUT2D eigenvalue weighted by Crippen LogP contribution is 2.39. The maximum atomic E-state index is 12.8. The monoisotopic (exact) mass is 344 g/mol. The van der Waals surface area contributed by atoms with Gasteiger partial charge in [-0.3, -0.25) is 9.89 Å². The van der Waals surface area contributed by atoms with E-state index in [2.05, 4.69) is 20.5 Å². The SMILES string of the molecule is CC(C)n1cc([C@@]2(O)CCCN(C(=O)c3cc(C4CC4)[nH]n3)C2)nn1. The van der Waals surface area contributed by atoms with Crippen LogP contribution < -0.4 is 0 Å². The summed E-state index contributed by atoms with van der Waals surface area (Å²) >= 11 is 0. The van der Waals surface area contributed by atoms with Crippen molar-refractivity contribution in [2.75, 3.05) is 13.1 Å². The molecule has 8 heteroatoms. The van der Waals surface area contributed by atoms with E-state index in [9.17, 15) is 9.90 Å². The number of likely N-dealkylation sites (tertiary alicyclic amines) is 1. The number of nitrogens with one attached hydrogen (secondary N) is 1. The van der Waals surface area contributed by atoms with Crippen molar-refractivity contribution in [3.05, 3.63) is 29.3 Å². The number of H-pyrrole nitrogens is 1. The second-order valence-corrected chi connectivity index (χ2v) is 7.52. The Kier molecular flexibility index (Phi) is 3.87. The quantitative estimate of drug-likeness (QED) is 0.877. The number of aromatic amines is 1. The van der Waals surface area contributed by atoms with Crippen LogP contribution in [0.25, 0.3) is 0 Å². The lowest BCUT2D eigenvalue weighted by Gasteiger charge is -2.37. The lowest BCUT2D eigenvalue weighted by molar-refractivity contribution is -0.0322. The van der Waals surface area contributed by atoms with Crippen LogP contribution >= 0.6 is 0 Å². The van der Waals surface area contributed by atoms with Gasteiger partial charge in [0.05, 0.1) is 12.7 Å². The van der Waals surface area contributed by atoms with Gasteiger partial charge in [0.25, 0.3) is 5.91 Å². The Balaban J connectivity index is 1.51. The van der Waals surface area contributed by atoms with E-state index in [0.29, 0.717) is 30.3 Å². The van der Waals surface area contributed by atoms with E-state index in [4.69, 9.17) is 0 Å². The molecule has 8 nitrogen and oxygen atoms in total. The third-order valence-corrected chi connectivity index (χ3v) is 5.11. The maximum absolute atomic E-state index is 12.8. The number of β-amino-alcohol motifs (C(OH)–C–C–N with tert-alkyl or cyclic N) is 1. The maximum Gasteiger partial charge on any atom is 0.274 e. The molecule has 3 heterocycles. The summed E-state index contributed by atoms with van der Waals surface area (Å²) in [6, 6.07) is 2.03. The van der Waals surface area contributed by atoms with Gasteiger partial charge in [-0.25, -0.2) is 4.68 Å². The van der Waals surface area contributed by atoms with Gasteiger partial charge in [-0.2, -0.15) is 5.10 Å². The average Bonchev–Trinajstić information content (AvgIpc) is 3.13. The highest BCUT2D eigenvalue weighted by atomic mass is 16.3. The fraction of sp³-hybridized carbons (Fsp3) is 0.647. The predicted molar refractivity (Wildman–Crippen MR) is 90.0 cm³/mol. The number of carbonyl (C=O) groups excluding carboxylic acids is 1. The van der Waals surface area contributed by atoms with Crippen molar-refractivity contribution in [2.45, 2.75) is 57.1 Å². The van der Waals surface area contributed by atoms with Crippen molar-refractivity contribution in [3.8, 4) is 0 Å². The lowest BCUT2D eigenvalue weighted by Crippen LogP contribution is -2.48. The van der Waals surface area contributed by atoms with Crippen molar-refractivity contribution in [3.63, 3.8) is 0 Å². The number of piperidine rings is 1. The number of aliphatic hydroxyl groups is 1. The van der Waals surface area contributed by atoms with Gasteiger partial charge in [-0.15, -0.1) is 5.10 Å². The zero-order valence-corrected chi connectivity index (χ0v) is 14.6. The Morgan fingerprint density at radius 1 is 1.44 bits per heavy atom. The van der Waals surface area contributed by atoms with Crippen LogP contribution in [-0.4, -0.2) is 54.2 Å². The minimum atomic E-state index is -1.16. The average molecular weight is 344 g/mol. The van der Waals surface area contributed by atoms with E-state index in [0.717, 1.165) is 25.0 Å². The van der Waals surface area contributed by atoms with E-state index >= 15 is 0 Å². The van der Waals surface area contributed by atoms with Crippen molar-refractivity contribution in [2.24, 2.45) is 0 Å². The minimum absolute atomic E-state index is 0.141. The Labute approximate surface area is 146 Å².